The van der Waals surface area contributed by atoms with Gasteiger partial charge in [-0.3, -0.25) is 9.59 Å². The maximum Gasteiger partial charge on any atom is 0.306 e. The van der Waals surface area contributed by atoms with Crippen molar-refractivity contribution < 1.29 is 49.3 Å². The maximum atomic E-state index is 13.4. The molecular formula is C64H113NO10. The summed E-state index contributed by atoms with van der Waals surface area (Å²) < 4.78 is 17.6. The Morgan fingerprint density at radius 3 is 1.43 bits per heavy atom. The number of nitrogens with one attached hydrogen (secondary N) is 1. The Hall–Kier alpha value is -2.90. The Kier molecular flexibility index (Phi) is 48.5. The summed E-state index contributed by atoms with van der Waals surface area (Å²) >= 11 is 0. The molecule has 0 radical (unpaired) electrons. The number of allylic oxidation sites excluding steroid dienone is 11. The van der Waals surface area contributed by atoms with Gasteiger partial charge in [0.2, 0.25) is 5.91 Å². The average Bonchev–Trinajstić information content (AvgIpc) is 3.41. The number of hydrogen-bond acceptors (Lipinski definition) is 10. The second-order valence-corrected chi connectivity index (χ2v) is 21.1. The summed E-state index contributed by atoms with van der Waals surface area (Å²) in [6.45, 7) is 5.72. The summed E-state index contributed by atoms with van der Waals surface area (Å²) in [5.41, 5.74) is 0. The third-order valence-electron chi connectivity index (χ3n) is 14.1. The van der Waals surface area contributed by atoms with E-state index in [0.717, 1.165) is 89.9 Å². The van der Waals surface area contributed by atoms with E-state index in [9.17, 15) is 35.1 Å². The van der Waals surface area contributed by atoms with Crippen LogP contribution < -0.4 is 5.32 Å². The molecule has 1 heterocycles. The summed E-state index contributed by atoms with van der Waals surface area (Å²) in [7, 11) is 0. The molecule has 1 saturated heterocycles. The number of rotatable bonds is 51. The van der Waals surface area contributed by atoms with Crippen molar-refractivity contribution in [2.24, 2.45) is 0 Å². The molecule has 0 aromatic heterocycles. The van der Waals surface area contributed by atoms with Crippen LogP contribution in [0.2, 0.25) is 0 Å². The smallest absolute Gasteiger partial charge is 0.306 e. The fourth-order valence-corrected chi connectivity index (χ4v) is 9.16. The van der Waals surface area contributed by atoms with Crippen molar-refractivity contribution in [3.05, 3.63) is 72.9 Å². The average molecular weight is 1060 g/mol. The van der Waals surface area contributed by atoms with E-state index < -0.39 is 67.4 Å². The number of hydrogen-bond donors (Lipinski definition) is 6. The fourth-order valence-electron chi connectivity index (χ4n) is 9.16. The van der Waals surface area contributed by atoms with Crippen LogP contribution in [0.4, 0.5) is 0 Å². The third kappa shape index (κ3) is 40.0. The summed E-state index contributed by atoms with van der Waals surface area (Å²) in [5.74, 6) is -1.23. The van der Waals surface area contributed by atoms with E-state index >= 15 is 0 Å². The van der Waals surface area contributed by atoms with Crippen LogP contribution in [0.15, 0.2) is 72.9 Å². The highest BCUT2D eigenvalue weighted by atomic mass is 16.7. The van der Waals surface area contributed by atoms with E-state index in [1.165, 1.54) is 122 Å². The van der Waals surface area contributed by atoms with E-state index in [1.54, 1.807) is 6.08 Å². The zero-order chi connectivity index (χ0) is 54.7. The van der Waals surface area contributed by atoms with Crippen LogP contribution in [0.1, 0.15) is 258 Å². The highest BCUT2D eigenvalue weighted by Crippen LogP contribution is 2.26. The Balaban J connectivity index is 2.74. The molecule has 1 rings (SSSR count). The number of carbonyl (C=O) groups excluding carboxylic acids is 2. The zero-order valence-corrected chi connectivity index (χ0v) is 47.9. The van der Waals surface area contributed by atoms with E-state index in [4.69, 9.17) is 14.2 Å². The summed E-state index contributed by atoms with van der Waals surface area (Å²) in [6, 6.07) is -1.04. The second-order valence-electron chi connectivity index (χ2n) is 21.1. The molecule has 1 aliphatic heterocycles. The summed E-state index contributed by atoms with van der Waals surface area (Å²) in [5, 5.41) is 56.9. The molecule has 0 aromatic carbocycles. The molecule has 0 aliphatic carbocycles. The lowest BCUT2D eigenvalue weighted by atomic mass is 9.99. The minimum Gasteiger partial charge on any atom is -0.454 e. The molecule has 1 fully saturated rings. The first-order chi connectivity index (χ1) is 36.7. The molecule has 1 aliphatic rings. The van der Waals surface area contributed by atoms with Gasteiger partial charge in [-0.25, -0.2) is 0 Å². The van der Waals surface area contributed by atoms with Crippen molar-refractivity contribution in [3.8, 4) is 0 Å². The zero-order valence-electron chi connectivity index (χ0n) is 47.9. The molecule has 8 unspecified atom stereocenters. The standard InChI is InChI=1S/C64H113NO10/c1-4-7-10-13-16-19-22-25-27-28-29-31-33-36-39-42-45-48-51-57(68)63(72)65-55(56(67)50-47-44-41-38-35-32-24-21-18-15-12-9-6-3)54-73-64-62(61(71)60(70)58(53-66)74-64)75-59(69)52-49-46-43-40-37-34-30-26-23-20-17-14-11-8-5-2/h16,19-20,23,25,27,29,31,36,39,47,50,55-58,60-62,64,66-68,70-71H,4-15,17-18,21-22,24,26,28,30,32-35,37-38,40-46,48-49,51-54H2,1-3H3,(H,65,72)/b19-16-,23-20-,27-25-,31-29-,39-36-,50-47+. The first kappa shape index (κ1) is 70.1. The van der Waals surface area contributed by atoms with Gasteiger partial charge in [0.25, 0.3) is 0 Å². The molecule has 11 heteroatoms. The quantitative estimate of drug-likeness (QED) is 0.0195. The van der Waals surface area contributed by atoms with Gasteiger partial charge in [-0.1, -0.05) is 229 Å². The normalized spacial score (nSPS) is 19.7. The minimum absolute atomic E-state index is 0.112. The lowest BCUT2D eigenvalue weighted by Crippen LogP contribution is -2.61. The number of carbonyl (C=O) groups is 2. The van der Waals surface area contributed by atoms with E-state index in [1.807, 2.05) is 6.08 Å². The molecule has 0 spiro atoms. The van der Waals surface area contributed by atoms with Crippen LogP contribution in [0, 0.1) is 0 Å². The fraction of sp³-hybridized carbons (Fsp3) is 0.781. The molecule has 0 aromatic rings. The number of aliphatic hydroxyl groups excluding tert-OH is 5. The lowest BCUT2D eigenvalue weighted by molar-refractivity contribution is -0.305. The first-order valence-corrected chi connectivity index (χ1v) is 30.7. The second kappa shape index (κ2) is 51.8. The molecular weight excluding hydrogens is 943 g/mol. The number of esters is 1. The minimum atomic E-state index is -1.62. The van der Waals surface area contributed by atoms with E-state index in [0.29, 0.717) is 12.8 Å². The first-order valence-electron chi connectivity index (χ1n) is 30.7. The maximum absolute atomic E-state index is 13.4. The molecule has 11 nitrogen and oxygen atoms in total. The van der Waals surface area contributed by atoms with Crippen LogP contribution in [0.25, 0.3) is 0 Å². The number of ether oxygens (including phenoxy) is 3. The predicted molar refractivity (Wildman–Crippen MR) is 310 cm³/mol. The molecule has 1 amide bonds. The largest absolute Gasteiger partial charge is 0.454 e. The molecule has 0 bridgehead atoms. The van der Waals surface area contributed by atoms with Gasteiger partial charge in [0.1, 0.15) is 24.4 Å². The predicted octanol–water partition coefficient (Wildman–Crippen LogP) is 14.4. The SMILES string of the molecule is CCCCC/C=C\C/C=C\C/C=C\C/C=C\CCCCC(O)C(=O)NC(COC1OC(CO)C(O)C(O)C1OC(=O)CCCCCCCCC/C=C\CCCCCC)C(O)/C=C/CCCCCCCCCCCCC. The Morgan fingerprint density at radius 2 is 0.920 bits per heavy atom. The van der Waals surface area contributed by atoms with Crippen LogP contribution in [0.5, 0.6) is 0 Å². The monoisotopic (exact) mass is 1060 g/mol. The van der Waals surface area contributed by atoms with Crippen LogP contribution in [-0.4, -0.2) is 99.6 Å². The van der Waals surface area contributed by atoms with Gasteiger partial charge in [0.15, 0.2) is 12.4 Å². The summed E-state index contributed by atoms with van der Waals surface area (Å²) in [4.78, 5) is 26.5. The van der Waals surface area contributed by atoms with Crippen LogP contribution in [-0.2, 0) is 23.8 Å². The van der Waals surface area contributed by atoms with Crippen molar-refractivity contribution in [1.82, 2.24) is 5.32 Å². The highest BCUT2D eigenvalue weighted by molar-refractivity contribution is 5.80. The van der Waals surface area contributed by atoms with E-state index in [2.05, 4.69) is 86.8 Å². The topological polar surface area (TPSA) is 175 Å². The van der Waals surface area contributed by atoms with Crippen molar-refractivity contribution in [1.29, 1.82) is 0 Å². The van der Waals surface area contributed by atoms with Crippen LogP contribution >= 0.6 is 0 Å². The van der Waals surface area contributed by atoms with E-state index in [-0.39, 0.29) is 19.4 Å². The number of aliphatic hydroxyl groups is 5. The van der Waals surface area contributed by atoms with Gasteiger partial charge in [0, 0.05) is 6.42 Å². The van der Waals surface area contributed by atoms with Crippen LogP contribution in [0.3, 0.4) is 0 Å². The van der Waals surface area contributed by atoms with Gasteiger partial charge in [-0.05, 0) is 96.3 Å². The van der Waals surface area contributed by atoms with Crippen molar-refractivity contribution in [2.45, 2.75) is 307 Å². The molecule has 434 valence electrons. The number of amides is 1. The summed E-state index contributed by atoms with van der Waals surface area (Å²) in [6.07, 6.45) is 55.0. The van der Waals surface area contributed by atoms with Gasteiger partial charge in [-0.2, -0.15) is 0 Å². The van der Waals surface area contributed by atoms with Gasteiger partial charge < -0.3 is 45.1 Å². The Morgan fingerprint density at radius 1 is 0.520 bits per heavy atom. The van der Waals surface area contributed by atoms with Gasteiger partial charge in [-0.15, -0.1) is 0 Å². The van der Waals surface area contributed by atoms with Crippen molar-refractivity contribution in [2.75, 3.05) is 13.2 Å². The molecule has 0 saturated carbocycles. The third-order valence-corrected chi connectivity index (χ3v) is 14.1. The lowest BCUT2D eigenvalue weighted by Gasteiger charge is -2.41. The van der Waals surface area contributed by atoms with Gasteiger partial charge in [0.05, 0.1) is 25.4 Å². The number of unbranched alkanes of at least 4 members (excludes halogenated alkanes) is 27. The molecule has 6 N–H and O–H groups in total. The Labute approximate surface area is 458 Å². The molecule has 75 heavy (non-hydrogen) atoms. The molecule has 8 atom stereocenters. The highest BCUT2D eigenvalue weighted by Gasteiger charge is 2.47. The van der Waals surface area contributed by atoms with Gasteiger partial charge >= 0.3 is 5.97 Å². The van der Waals surface area contributed by atoms with Crippen molar-refractivity contribution >= 4 is 11.9 Å². The van der Waals surface area contributed by atoms with Crippen molar-refractivity contribution in [3.63, 3.8) is 0 Å². The Bertz CT molecular complexity index is 1490.